The molecule has 0 radical (unpaired) electrons. The highest BCUT2D eigenvalue weighted by Crippen LogP contribution is 2.30. The summed E-state index contributed by atoms with van der Waals surface area (Å²) >= 11 is 0. The van der Waals surface area contributed by atoms with Crippen LogP contribution < -0.4 is 0 Å². The third-order valence-electron chi connectivity index (χ3n) is 3.37. The molecule has 1 saturated heterocycles. The van der Waals surface area contributed by atoms with Gasteiger partial charge >= 0.3 is 0 Å². The van der Waals surface area contributed by atoms with Crippen LogP contribution in [0.3, 0.4) is 0 Å². The summed E-state index contributed by atoms with van der Waals surface area (Å²) in [7, 11) is 0. The van der Waals surface area contributed by atoms with Crippen LogP contribution in [0.5, 0.6) is 0 Å². The Morgan fingerprint density at radius 1 is 1.19 bits per heavy atom. The van der Waals surface area contributed by atoms with Crippen molar-refractivity contribution in [3.8, 4) is 0 Å². The first-order chi connectivity index (χ1) is 7.93. The number of aromatic nitrogens is 2. The van der Waals surface area contributed by atoms with Crippen molar-refractivity contribution in [2.45, 2.75) is 37.5 Å². The lowest BCUT2D eigenvalue weighted by Gasteiger charge is -2.12. The molecule has 1 aliphatic carbocycles. The van der Waals surface area contributed by atoms with Crippen LogP contribution in [0, 0.1) is 0 Å². The Morgan fingerprint density at radius 2 is 2.19 bits per heavy atom. The van der Waals surface area contributed by atoms with Crippen molar-refractivity contribution < 1.29 is 9.26 Å². The first kappa shape index (κ1) is 10.0. The van der Waals surface area contributed by atoms with Crippen LogP contribution in [0.1, 0.15) is 49.2 Å². The lowest BCUT2D eigenvalue weighted by molar-refractivity contribution is 0.192. The molecule has 4 nitrogen and oxygen atoms in total. The molecule has 16 heavy (non-hydrogen) atoms. The standard InChI is InChI=1S/C12H16N2O2/c1-2-4-9(5-3-1)12-13-11(14-16-12)10-6-7-15-8-10/h1-2,9-10H,3-8H2. The molecule has 0 spiro atoms. The topological polar surface area (TPSA) is 48.2 Å². The molecule has 3 rings (SSSR count). The van der Waals surface area contributed by atoms with Crippen molar-refractivity contribution in [2.24, 2.45) is 0 Å². The van der Waals surface area contributed by atoms with Crippen molar-refractivity contribution >= 4 is 0 Å². The molecule has 86 valence electrons. The summed E-state index contributed by atoms with van der Waals surface area (Å²) in [6, 6.07) is 0. The Balaban J connectivity index is 1.73. The van der Waals surface area contributed by atoms with Crippen molar-refractivity contribution in [1.82, 2.24) is 10.1 Å². The maximum Gasteiger partial charge on any atom is 0.230 e. The molecular weight excluding hydrogens is 204 g/mol. The van der Waals surface area contributed by atoms with Crippen LogP contribution in [-0.4, -0.2) is 23.4 Å². The van der Waals surface area contributed by atoms with Gasteiger partial charge in [-0.25, -0.2) is 0 Å². The summed E-state index contributed by atoms with van der Waals surface area (Å²) in [4.78, 5) is 4.52. The van der Waals surface area contributed by atoms with Gasteiger partial charge in [0.05, 0.1) is 6.61 Å². The zero-order chi connectivity index (χ0) is 10.8. The minimum atomic E-state index is 0.344. The van der Waals surface area contributed by atoms with E-state index in [0.717, 1.165) is 50.6 Å². The second-order valence-electron chi connectivity index (χ2n) is 4.53. The lowest BCUT2D eigenvalue weighted by Crippen LogP contribution is -2.03. The van der Waals surface area contributed by atoms with E-state index in [1.165, 1.54) is 0 Å². The van der Waals surface area contributed by atoms with Crippen molar-refractivity contribution in [2.75, 3.05) is 13.2 Å². The van der Waals surface area contributed by atoms with E-state index in [4.69, 9.17) is 9.26 Å². The van der Waals surface area contributed by atoms with Crippen LogP contribution in [0.25, 0.3) is 0 Å². The predicted molar refractivity (Wildman–Crippen MR) is 58.2 cm³/mol. The molecule has 1 aliphatic heterocycles. The third kappa shape index (κ3) is 1.89. The minimum absolute atomic E-state index is 0.344. The predicted octanol–water partition coefficient (Wildman–Crippen LogP) is 2.40. The lowest BCUT2D eigenvalue weighted by atomic mass is 9.94. The molecule has 4 heteroatoms. The summed E-state index contributed by atoms with van der Waals surface area (Å²) < 4.78 is 10.7. The highest BCUT2D eigenvalue weighted by Gasteiger charge is 2.25. The fourth-order valence-corrected chi connectivity index (χ4v) is 2.33. The van der Waals surface area contributed by atoms with Gasteiger partial charge in [0.25, 0.3) is 0 Å². The molecule has 2 aliphatic rings. The summed E-state index contributed by atoms with van der Waals surface area (Å²) in [5, 5.41) is 4.08. The zero-order valence-electron chi connectivity index (χ0n) is 9.26. The first-order valence-corrected chi connectivity index (χ1v) is 6.00. The smallest absolute Gasteiger partial charge is 0.230 e. The molecule has 0 aromatic carbocycles. The van der Waals surface area contributed by atoms with E-state index in [1.807, 2.05) is 0 Å². The fourth-order valence-electron chi connectivity index (χ4n) is 2.33. The highest BCUT2D eigenvalue weighted by molar-refractivity contribution is 5.05. The molecule has 2 atom stereocenters. The molecule has 2 unspecified atom stereocenters. The second kappa shape index (κ2) is 4.37. The van der Waals surface area contributed by atoms with Crippen molar-refractivity contribution in [3.05, 3.63) is 23.9 Å². The zero-order valence-corrected chi connectivity index (χ0v) is 9.26. The van der Waals surface area contributed by atoms with Gasteiger partial charge in [0, 0.05) is 18.4 Å². The molecule has 1 aromatic heterocycles. The van der Waals surface area contributed by atoms with Crippen LogP contribution in [0.4, 0.5) is 0 Å². The average molecular weight is 220 g/mol. The van der Waals surface area contributed by atoms with Gasteiger partial charge in [0.15, 0.2) is 5.82 Å². The van der Waals surface area contributed by atoms with Crippen LogP contribution in [0.15, 0.2) is 16.7 Å². The van der Waals surface area contributed by atoms with E-state index in [1.54, 1.807) is 0 Å². The van der Waals surface area contributed by atoms with E-state index in [-0.39, 0.29) is 0 Å². The normalized spacial score (nSPS) is 29.8. The van der Waals surface area contributed by atoms with Gasteiger partial charge in [-0.15, -0.1) is 0 Å². The summed E-state index contributed by atoms with van der Waals surface area (Å²) in [5.41, 5.74) is 0. The highest BCUT2D eigenvalue weighted by atomic mass is 16.5. The first-order valence-electron chi connectivity index (χ1n) is 6.00. The molecule has 2 heterocycles. The number of hydrogen-bond acceptors (Lipinski definition) is 4. The molecule has 0 amide bonds. The largest absolute Gasteiger partial charge is 0.381 e. The average Bonchev–Trinajstić information content (AvgIpc) is 3.01. The fraction of sp³-hybridized carbons (Fsp3) is 0.667. The van der Waals surface area contributed by atoms with Gasteiger partial charge in [-0.05, 0) is 25.7 Å². The summed E-state index contributed by atoms with van der Waals surface area (Å²) in [5.74, 6) is 2.42. The number of rotatable bonds is 2. The van der Waals surface area contributed by atoms with Gasteiger partial charge < -0.3 is 9.26 Å². The van der Waals surface area contributed by atoms with Crippen LogP contribution in [0.2, 0.25) is 0 Å². The SMILES string of the molecule is C1=CCC(c2nc(C3CCOC3)no2)CC1. The van der Waals surface area contributed by atoms with Gasteiger partial charge in [0.1, 0.15) is 0 Å². The van der Waals surface area contributed by atoms with E-state index in [9.17, 15) is 0 Å². The number of nitrogens with zero attached hydrogens (tertiary/aromatic N) is 2. The molecule has 0 saturated carbocycles. The number of ether oxygens (including phenoxy) is 1. The van der Waals surface area contributed by atoms with E-state index in [0.29, 0.717) is 11.8 Å². The van der Waals surface area contributed by atoms with E-state index >= 15 is 0 Å². The molecule has 0 bridgehead atoms. The van der Waals surface area contributed by atoms with Gasteiger partial charge in [0.2, 0.25) is 5.89 Å². The number of hydrogen-bond donors (Lipinski definition) is 0. The summed E-state index contributed by atoms with van der Waals surface area (Å²) in [6.07, 6.45) is 8.72. The van der Waals surface area contributed by atoms with Crippen LogP contribution in [-0.2, 0) is 4.74 Å². The molecular formula is C12H16N2O2. The minimum Gasteiger partial charge on any atom is -0.381 e. The third-order valence-corrected chi connectivity index (χ3v) is 3.37. The number of allylic oxidation sites excluding steroid dienone is 2. The summed E-state index contributed by atoms with van der Waals surface area (Å²) in [6.45, 7) is 1.56. The molecule has 1 fully saturated rings. The van der Waals surface area contributed by atoms with Gasteiger partial charge in [-0.1, -0.05) is 17.3 Å². The van der Waals surface area contributed by atoms with Crippen LogP contribution >= 0.6 is 0 Å². The monoisotopic (exact) mass is 220 g/mol. The van der Waals surface area contributed by atoms with Crippen molar-refractivity contribution in [3.63, 3.8) is 0 Å². The van der Waals surface area contributed by atoms with Gasteiger partial charge in [-0.3, -0.25) is 0 Å². The Bertz CT molecular complexity index is 380. The molecule has 1 aromatic rings. The maximum atomic E-state index is 5.37. The van der Waals surface area contributed by atoms with Crippen molar-refractivity contribution in [1.29, 1.82) is 0 Å². The molecule has 0 N–H and O–H groups in total. The Kier molecular flexibility index (Phi) is 2.74. The Labute approximate surface area is 94.7 Å². The van der Waals surface area contributed by atoms with E-state index < -0.39 is 0 Å². The Hall–Kier alpha value is -1.16. The van der Waals surface area contributed by atoms with Gasteiger partial charge in [-0.2, -0.15) is 4.98 Å². The Morgan fingerprint density at radius 3 is 2.94 bits per heavy atom. The van der Waals surface area contributed by atoms with E-state index in [2.05, 4.69) is 22.3 Å². The maximum absolute atomic E-state index is 5.37. The quantitative estimate of drug-likeness (QED) is 0.718. The second-order valence-corrected chi connectivity index (χ2v) is 4.53.